The lowest BCUT2D eigenvalue weighted by Gasteiger charge is -2.07. The monoisotopic (exact) mass is 418 g/mol. The summed E-state index contributed by atoms with van der Waals surface area (Å²) >= 11 is 0. The summed E-state index contributed by atoms with van der Waals surface area (Å²) in [4.78, 5) is 4.23. The minimum atomic E-state index is -3.66. The topological polar surface area (TPSA) is 120 Å². The van der Waals surface area contributed by atoms with Gasteiger partial charge in [0.2, 0.25) is 0 Å². The maximum atomic E-state index is 12.4. The molecule has 0 atom stereocenters. The van der Waals surface area contributed by atoms with Gasteiger partial charge < -0.3 is 9.88 Å². The van der Waals surface area contributed by atoms with E-state index in [0.717, 1.165) is 17.2 Å². The van der Waals surface area contributed by atoms with Crippen molar-refractivity contribution in [1.82, 2.24) is 34.3 Å². The lowest BCUT2D eigenvalue weighted by molar-refractivity contribution is 0.579. The summed E-state index contributed by atoms with van der Waals surface area (Å²) in [6, 6.07) is 5.55. The van der Waals surface area contributed by atoms with E-state index in [1.165, 1.54) is 6.20 Å². The Hall–Kier alpha value is -2.79. The molecule has 0 aliphatic carbocycles. The molecule has 0 aromatic carbocycles. The fraction of sp³-hybridized carbons (Fsp3) is 0.444. The van der Waals surface area contributed by atoms with E-state index in [4.69, 9.17) is 0 Å². The van der Waals surface area contributed by atoms with E-state index < -0.39 is 10.0 Å². The van der Waals surface area contributed by atoms with Crippen LogP contribution in [0.1, 0.15) is 37.0 Å². The Morgan fingerprint density at radius 3 is 2.45 bits per heavy atom. The number of rotatable bonds is 8. The molecule has 11 heteroatoms. The highest BCUT2D eigenvalue weighted by Crippen LogP contribution is 2.15. The highest BCUT2D eigenvalue weighted by Gasteiger charge is 2.20. The predicted octanol–water partition coefficient (Wildman–Crippen LogP) is 1.53. The highest BCUT2D eigenvalue weighted by atomic mass is 32.2. The molecule has 0 spiro atoms. The zero-order chi connectivity index (χ0) is 21.2. The Labute approximate surface area is 170 Å². The number of nitrogens with one attached hydrogen (secondary N) is 2. The highest BCUT2D eigenvalue weighted by molar-refractivity contribution is 7.89. The number of nitrogens with zero attached hydrogens (tertiary/aromatic N) is 6. The van der Waals surface area contributed by atoms with E-state index in [2.05, 4.69) is 30.3 Å². The molecule has 3 aromatic rings. The Morgan fingerprint density at radius 1 is 1.14 bits per heavy atom. The van der Waals surface area contributed by atoms with Crippen LogP contribution in [0.15, 0.2) is 29.4 Å². The molecule has 0 aliphatic heterocycles. The third kappa shape index (κ3) is 4.80. The summed E-state index contributed by atoms with van der Waals surface area (Å²) in [5, 5.41) is 15.7. The smallest absolute Gasteiger partial charge is 0.259 e. The molecule has 0 fully saturated rings. The van der Waals surface area contributed by atoms with Crippen molar-refractivity contribution >= 4 is 15.8 Å². The van der Waals surface area contributed by atoms with Crippen LogP contribution in [0.2, 0.25) is 0 Å². The number of aromatic nitrogens is 6. The van der Waals surface area contributed by atoms with Gasteiger partial charge in [0.05, 0.1) is 5.69 Å². The number of sulfonamides is 1. The molecular formula is C18H26N8O2S. The molecule has 2 N–H and O–H groups in total. The summed E-state index contributed by atoms with van der Waals surface area (Å²) in [7, 11) is -1.88. The van der Waals surface area contributed by atoms with Gasteiger partial charge in [-0.1, -0.05) is 13.8 Å². The average Bonchev–Trinajstić information content (AvgIpc) is 3.22. The van der Waals surface area contributed by atoms with Crippen LogP contribution in [0.3, 0.4) is 0 Å². The largest absolute Gasteiger partial charge is 0.367 e. The van der Waals surface area contributed by atoms with Gasteiger partial charge in [0.1, 0.15) is 11.6 Å². The molecule has 0 saturated heterocycles. The number of imidazole rings is 1. The van der Waals surface area contributed by atoms with Crippen LogP contribution in [0.4, 0.5) is 5.82 Å². The summed E-state index contributed by atoms with van der Waals surface area (Å²) in [6.45, 7) is 8.36. The van der Waals surface area contributed by atoms with E-state index in [-0.39, 0.29) is 17.5 Å². The summed E-state index contributed by atoms with van der Waals surface area (Å²) in [5.74, 6) is 2.04. The van der Waals surface area contributed by atoms with Crippen molar-refractivity contribution in [2.45, 2.75) is 38.6 Å². The number of aryl methyl sites for hydroxylation is 3. The van der Waals surface area contributed by atoms with Crippen LogP contribution in [0.25, 0.3) is 5.82 Å². The van der Waals surface area contributed by atoms with Crippen molar-refractivity contribution in [3.05, 3.63) is 41.6 Å². The van der Waals surface area contributed by atoms with Gasteiger partial charge in [-0.05, 0) is 32.0 Å². The van der Waals surface area contributed by atoms with E-state index >= 15 is 0 Å². The van der Waals surface area contributed by atoms with E-state index in [1.54, 1.807) is 28.4 Å². The molecule has 156 valence electrons. The van der Waals surface area contributed by atoms with E-state index in [9.17, 15) is 8.42 Å². The van der Waals surface area contributed by atoms with Gasteiger partial charge in [-0.25, -0.2) is 22.8 Å². The van der Waals surface area contributed by atoms with Crippen LogP contribution in [0.5, 0.6) is 0 Å². The predicted molar refractivity (Wildman–Crippen MR) is 110 cm³/mol. The van der Waals surface area contributed by atoms with Gasteiger partial charge >= 0.3 is 0 Å². The lowest BCUT2D eigenvalue weighted by Crippen LogP contribution is -2.29. The molecule has 0 aliphatic rings. The van der Waals surface area contributed by atoms with Crippen LogP contribution in [0, 0.1) is 13.8 Å². The molecule has 3 heterocycles. The normalized spacial score (nSPS) is 11.9. The van der Waals surface area contributed by atoms with Crippen molar-refractivity contribution in [3.63, 3.8) is 0 Å². The molecule has 0 amide bonds. The Balaban J connectivity index is 1.55. The standard InChI is InChI=1S/C18H26N8O2S/c1-12(2)18-21-17(11-25(18)5)29(27,28)20-9-8-19-15-6-7-16(23-22-15)26-14(4)10-13(3)24-26/h6-7,10-12,20H,8-9H2,1-5H3,(H,19,22). The van der Waals surface area contributed by atoms with Crippen LogP contribution in [-0.4, -0.2) is 51.0 Å². The first-order valence-electron chi connectivity index (χ1n) is 9.31. The Morgan fingerprint density at radius 2 is 1.90 bits per heavy atom. The van der Waals surface area contributed by atoms with Crippen LogP contribution in [-0.2, 0) is 17.1 Å². The molecule has 10 nitrogen and oxygen atoms in total. The Kier molecular flexibility index (Phi) is 5.99. The van der Waals surface area contributed by atoms with Gasteiger partial charge in [-0.2, -0.15) is 5.10 Å². The molecule has 3 rings (SSSR count). The van der Waals surface area contributed by atoms with Gasteiger partial charge in [-0.15, -0.1) is 10.2 Å². The zero-order valence-corrected chi connectivity index (χ0v) is 18.0. The van der Waals surface area contributed by atoms with Crippen LogP contribution >= 0.6 is 0 Å². The third-order valence-electron chi connectivity index (χ3n) is 4.28. The molecule has 29 heavy (non-hydrogen) atoms. The van der Waals surface area contributed by atoms with Gasteiger partial charge in [0.25, 0.3) is 10.0 Å². The SMILES string of the molecule is Cc1cc(C)n(-c2ccc(NCCNS(=O)(=O)c3cn(C)c(C(C)C)n3)nn2)n1. The first kappa shape index (κ1) is 20.9. The van der Waals surface area contributed by atoms with Crippen molar-refractivity contribution in [1.29, 1.82) is 0 Å². The summed E-state index contributed by atoms with van der Waals surface area (Å²) < 4.78 is 30.8. The third-order valence-corrected chi connectivity index (χ3v) is 5.61. The number of anilines is 1. The molecular weight excluding hydrogens is 392 g/mol. The molecule has 3 aromatic heterocycles. The average molecular weight is 419 g/mol. The Bertz CT molecular complexity index is 1080. The molecule has 0 saturated carbocycles. The molecule has 0 unspecified atom stereocenters. The molecule has 0 radical (unpaired) electrons. The second kappa shape index (κ2) is 8.29. The van der Waals surface area contributed by atoms with Crippen molar-refractivity contribution in [2.75, 3.05) is 18.4 Å². The maximum Gasteiger partial charge on any atom is 0.259 e. The minimum Gasteiger partial charge on any atom is -0.367 e. The van der Waals surface area contributed by atoms with Crippen LogP contribution < -0.4 is 10.0 Å². The first-order chi connectivity index (χ1) is 13.7. The summed E-state index contributed by atoms with van der Waals surface area (Å²) in [6.07, 6.45) is 1.52. The number of hydrogen-bond acceptors (Lipinski definition) is 7. The molecule has 0 bridgehead atoms. The van der Waals surface area contributed by atoms with E-state index in [1.807, 2.05) is 33.8 Å². The second-order valence-electron chi connectivity index (χ2n) is 7.14. The van der Waals surface area contributed by atoms with Gasteiger partial charge in [0.15, 0.2) is 10.8 Å². The first-order valence-corrected chi connectivity index (χ1v) is 10.8. The van der Waals surface area contributed by atoms with Gasteiger partial charge in [-0.3, -0.25) is 0 Å². The van der Waals surface area contributed by atoms with Crippen molar-refractivity contribution in [2.24, 2.45) is 7.05 Å². The quantitative estimate of drug-likeness (QED) is 0.532. The van der Waals surface area contributed by atoms with Crippen molar-refractivity contribution < 1.29 is 8.42 Å². The fourth-order valence-electron chi connectivity index (χ4n) is 2.96. The van der Waals surface area contributed by atoms with Crippen molar-refractivity contribution in [3.8, 4) is 5.82 Å². The van der Waals surface area contributed by atoms with E-state index in [0.29, 0.717) is 18.2 Å². The van der Waals surface area contributed by atoms with Gasteiger partial charge in [0, 0.05) is 37.9 Å². The lowest BCUT2D eigenvalue weighted by atomic mass is 10.2. The second-order valence-corrected chi connectivity index (χ2v) is 8.86. The zero-order valence-electron chi connectivity index (χ0n) is 17.2. The fourth-order valence-corrected chi connectivity index (χ4v) is 3.99. The summed E-state index contributed by atoms with van der Waals surface area (Å²) in [5.41, 5.74) is 1.88. The minimum absolute atomic E-state index is 0.0257. The number of hydrogen-bond donors (Lipinski definition) is 2. The maximum absolute atomic E-state index is 12.4.